The Morgan fingerprint density at radius 1 is 1.67 bits per heavy atom. The number of ether oxygens (including phenoxy) is 1. The van der Waals surface area contributed by atoms with E-state index in [0.717, 1.165) is 25.1 Å². The number of nitrogen functional groups attached to an aromatic ring is 1. The molecule has 1 aromatic heterocycles. The maximum absolute atomic E-state index is 11.8. The number of piperidine rings is 1. The van der Waals surface area contributed by atoms with Crippen LogP contribution >= 0.6 is 0 Å². The van der Waals surface area contributed by atoms with Gasteiger partial charge in [0.25, 0.3) is 0 Å². The van der Waals surface area contributed by atoms with Crippen LogP contribution in [-0.2, 0) is 9.53 Å². The molecule has 2 N–H and O–H groups in total. The van der Waals surface area contributed by atoms with Crippen molar-refractivity contribution in [3.8, 4) is 0 Å². The van der Waals surface area contributed by atoms with Gasteiger partial charge in [0, 0.05) is 19.3 Å². The Labute approximate surface area is 107 Å². The summed E-state index contributed by atoms with van der Waals surface area (Å²) in [5.41, 5.74) is 7.52. The summed E-state index contributed by atoms with van der Waals surface area (Å²) >= 11 is 0. The molecule has 1 fully saturated rings. The Balaban J connectivity index is 2.07. The Morgan fingerprint density at radius 2 is 2.50 bits per heavy atom. The fourth-order valence-electron chi connectivity index (χ4n) is 2.34. The monoisotopic (exact) mass is 249 g/mol. The summed E-state index contributed by atoms with van der Waals surface area (Å²) in [6.45, 7) is 3.86. The molecule has 1 saturated heterocycles. The average Bonchev–Trinajstić information content (AvgIpc) is 2.40. The van der Waals surface area contributed by atoms with E-state index in [9.17, 15) is 4.79 Å². The number of rotatable bonds is 3. The summed E-state index contributed by atoms with van der Waals surface area (Å²) in [5, 5.41) is 0. The van der Waals surface area contributed by atoms with Crippen molar-refractivity contribution in [1.29, 1.82) is 0 Å². The maximum atomic E-state index is 11.8. The van der Waals surface area contributed by atoms with Crippen LogP contribution in [0.25, 0.3) is 0 Å². The molecule has 0 aromatic carbocycles. The van der Waals surface area contributed by atoms with Crippen molar-refractivity contribution in [2.45, 2.75) is 19.8 Å². The molecule has 2 heterocycles. The normalized spacial score (nSPS) is 19.6. The highest BCUT2D eigenvalue weighted by atomic mass is 16.5. The second-order valence-corrected chi connectivity index (χ2v) is 4.47. The number of carbonyl (C=O) groups excluding carboxylic acids is 1. The topological polar surface area (TPSA) is 68.5 Å². The minimum atomic E-state index is -0.102. The fraction of sp³-hybridized carbons (Fsp3) is 0.538. The van der Waals surface area contributed by atoms with Crippen molar-refractivity contribution in [1.82, 2.24) is 4.98 Å². The molecule has 1 unspecified atom stereocenters. The summed E-state index contributed by atoms with van der Waals surface area (Å²) in [6, 6.07) is 1.89. The zero-order chi connectivity index (χ0) is 13.0. The van der Waals surface area contributed by atoms with Gasteiger partial charge in [-0.2, -0.15) is 0 Å². The summed E-state index contributed by atoms with van der Waals surface area (Å²) < 4.78 is 5.09. The average molecular weight is 249 g/mol. The third kappa shape index (κ3) is 2.72. The first-order valence-corrected chi connectivity index (χ1v) is 6.33. The van der Waals surface area contributed by atoms with Crippen molar-refractivity contribution in [2.24, 2.45) is 5.92 Å². The number of aromatic nitrogens is 1. The number of hydrogen-bond acceptors (Lipinski definition) is 5. The van der Waals surface area contributed by atoms with Gasteiger partial charge in [-0.25, -0.2) is 0 Å². The minimum Gasteiger partial charge on any atom is -0.466 e. The van der Waals surface area contributed by atoms with E-state index in [1.807, 2.05) is 13.0 Å². The largest absolute Gasteiger partial charge is 0.466 e. The third-order valence-corrected chi connectivity index (χ3v) is 3.21. The van der Waals surface area contributed by atoms with E-state index < -0.39 is 0 Å². The van der Waals surface area contributed by atoms with E-state index >= 15 is 0 Å². The van der Waals surface area contributed by atoms with Crippen LogP contribution < -0.4 is 10.6 Å². The first kappa shape index (κ1) is 12.7. The van der Waals surface area contributed by atoms with Crippen LogP contribution in [0.2, 0.25) is 0 Å². The lowest BCUT2D eigenvalue weighted by atomic mass is 9.97. The van der Waals surface area contributed by atoms with Gasteiger partial charge in [0.05, 0.1) is 30.1 Å². The highest BCUT2D eigenvalue weighted by Gasteiger charge is 2.27. The molecule has 1 aliphatic rings. The van der Waals surface area contributed by atoms with Crippen LogP contribution in [0.3, 0.4) is 0 Å². The second-order valence-electron chi connectivity index (χ2n) is 4.47. The number of nitrogens with two attached hydrogens (primary N) is 1. The first-order chi connectivity index (χ1) is 8.72. The van der Waals surface area contributed by atoms with Crippen molar-refractivity contribution in [3.63, 3.8) is 0 Å². The number of esters is 1. The van der Waals surface area contributed by atoms with Crippen molar-refractivity contribution >= 4 is 17.3 Å². The Hall–Kier alpha value is -1.78. The standard InChI is InChI=1S/C13H19N3O2/c1-2-18-13(17)10-4-3-7-16(9-10)12-5-6-15-8-11(12)14/h5-6,8,10H,2-4,7,9,14H2,1H3. The van der Waals surface area contributed by atoms with E-state index in [0.29, 0.717) is 18.8 Å². The van der Waals surface area contributed by atoms with Crippen molar-refractivity contribution in [3.05, 3.63) is 18.5 Å². The summed E-state index contributed by atoms with van der Waals surface area (Å²) in [5.74, 6) is -0.152. The van der Waals surface area contributed by atoms with Gasteiger partial charge < -0.3 is 15.4 Å². The predicted molar refractivity (Wildman–Crippen MR) is 70.2 cm³/mol. The van der Waals surface area contributed by atoms with Crippen LogP contribution in [0.15, 0.2) is 18.5 Å². The molecule has 0 bridgehead atoms. The molecular formula is C13H19N3O2. The predicted octanol–water partition coefficient (Wildman–Crippen LogP) is 1.44. The zero-order valence-corrected chi connectivity index (χ0v) is 10.6. The SMILES string of the molecule is CCOC(=O)C1CCCN(c2ccncc2N)C1. The molecule has 2 rings (SSSR count). The lowest BCUT2D eigenvalue weighted by Crippen LogP contribution is -2.39. The van der Waals surface area contributed by atoms with Crippen LogP contribution in [0.5, 0.6) is 0 Å². The molecule has 18 heavy (non-hydrogen) atoms. The lowest BCUT2D eigenvalue weighted by Gasteiger charge is -2.33. The molecule has 0 aliphatic carbocycles. The molecular weight excluding hydrogens is 230 g/mol. The number of hydrogen-bond donors (Lipinski definition) is 1. The highest BCUT2D eigenvalue weighted by Crippen LogP contribution is 2.27. The van der Waals surface area contributed by atoms with Gasteiger partial charge >= 0.3 is 5.97 Å². The van der Waals surface area contributed by atoms with Crippen LogP contribution in [0, 0.1) is 5.92 Å². The molecule has 98 valence electrons. The van der Waals surface area contributed by atoms with E-state index in [1.165, 1.54) is 0 Å². The molecule has 5 heteroatoms. The van der Waals surface area contributed by atoms with E-state index in [4.69, 9.17) is 10.5 Å². The third-order valence-electron chi connectivity index (χ3n) is 3.21. The molecule has 1 aromatic rings. The minimum absolute atomic E-state index is 0.0498. The summed E-state index contributed by atoms with van der Waals surface area (Å²) in [7, 11) is 0. The smallest absolute Gasteiger partial charge is 0.310 e. The molecule has 0 radical (unpaired) electrons. The molecule has 0 saturated carbocycles. The number of nitrogens with zero attached hydrogens (tertiary/aromatic N) is 2. The zero-order valence-electron chi connectivity index (χ0n) is 10.6. The molecule has 5 nitrogen and oxygen atoms in total. The molecule has 1 atom stereocenters. The van der Waals surface area contributed by atoms with Gasteiger partial charge in [0.1, 0.15) is 0 Å². The molecule has 0 amide bonds. The quantitative estimate of drug-likeness (QED) is 0.821. The van der Waals surface area contributed by atoms with Gasteiger partial charge in [0.15, 0.2) is 0 Å². The Bertz CT molecular complexity index is 422. The number of carbonyl (C=O) groups is 1. The molecule has 0 spiro atoms. The number of pyridine rings is 1. The van der Waals surface area contributed by atoms with E-state index in [1.54, 1.807) is 12.4 Å². The van der Waals surface area contributed by atoms with Gasteiger partial charge in [0.2, 0.25) is 0 Å². The first-order valence-electron chi connectivity index (χ1n) is 6.33. The van der Waals surface area contributed by atoms with Crippen LogP contribution in [-0.4, -0.2) is 30.6 Å². The van der Waals surface area contributed by atoms with Crippen molar-refractivity contribution < 1.29 is 9.53 Å². The summed E-state index contributed by atoms with van der Waals surface area (Å²) in [4.78, 5) is 17.9. The van der Waals surface area contributed by atoms with E-state index in [2.05, 4.69) is 9.88 Å². The van der Waals surface area contributed by atoms with Crippen molar-refractivity contribution in [2.75, 3.05) is 30.3 Å². The lowest BCUT2D eigenvalue weighted by molar-refractivity contribution is -0.148. The fourth-order valence-corrected chi connectivity index (χ4v) is 2.34. The van der Waals surface area contributed by atoms with Gasteiger partial charge in [-0.1, -0.05) is 0 Å². The summed E-state index contributed by atoms with van der Waals surface area (Å²) in [6.07, 6.45) is 5.23. The van der Waals surface area contributed by atoms with Gasteiger partial charge in [-0.3, -0.25) is 9.78 Å². The van der Waals surface area contributed by atoms with Gasteiger partial charge in [-0.15, -0.1) is 0 Å². The van der Waals surface area contributed by atoms with E-state index in [-0.39, 0.29) is 11.9 Å². The number of anilines is 2. The molecule has 1 aliphatic heterocycles. The van der Waals surface area contributed by atoms with Crippen LogP contribution in [0.4, 0.5) is 11.4 Å². The highest BCUT2D eigenvalue weighted by molar-refractivity contribution is 5.74. The Kier molecular flexibility index (Phi) is 4.02. The van der Waals surface area contributed by atoms with Crippen LogP contribution in [0.1, 0.15) is 19.8 Å². The second kappa shape index (κ2) is 5.71. The van der Waals surface area contributed by atoms with Gasteiger partial charge in [-0.05, 0) is 25.8 Å². The Morgan fingerprint density at radius 3 is 3.22 bits per heavy atom. The maximum Gasteiger partial charge on any atom is 0.310 e.